The first kappa shape index (κ1) is 17.1. The lowest BCUT2D eigenvalue weighted by Gasteiger charge is -2.10. The van der Waals surface area contributed by atoms with Gasteiger partial charge in [0.25, 0.3) is 0 Å². The molecule has 0 fully saturated rings. The Bertz CT molecular complexity index is 582. The van der Waals surface area contributed by atoms with Crippen LogP contribution in [0.25, 0.3) is 0 Å². The fraction of sp³-hybridized carbons (Fsp3) is 0.167. The van der Waals surface area contributed by atoms with Gasteiger partial charge in [0.1, 0.15) is 0 Å². The zero-order valence-electron chi connectivity index (χ0n) is 10.8. The molecule has 10 heteroatoms. The minimum Gasteiger partial charge on any atom is -0.478 e. The molecule has 0 bridgehead atoms. The van der Waals surface area contributed by atoms with Gasteiger partial charge in [-0.05, 0) is 12.1 Å². The van der Waals surface area contributed by atoms with Crippen molar-refractivity contribution in [1.29, 1.82) is 0 Å². The highest BCUT2D eigenvalue weighted by atomic mass is 16.6. The van der Waals surface area contributed by atoms with Gasteiger partial charge in [0.2, 0.25) is 0 Å². The summed E-state index contributed by atoms with van der Waals surface area (Å²) in [5.41, 5.74) is -2.79. The second kappa shape index (κ2) is 7.15. The van der Waals surface area contributed by atoms with Crippen molar-refractivity contribution in [3.63, 3.8) is 0 Å². The molecule has 0 unspecified atom stereocenters. The summed E-state index contributed by atoms with van der Waals surface area (Å²) in [6, 6.07) is 1.22. The third-order valence-corrected chi connectivity index (χ3v) is 2.45. The first-order valence-corrected chi connectivity index (χ1v) is 5.54. The molecule has 0 radical (unpaired) electrons. The number of carbonyl (C=O) groups is 4. The summed E-state index contributed by atoms with van der Waals surface area (Å²) >= 11 is 0. The molecule has 0 aliphatic heterocycles. The van der Waals surface area contributed by atoms with E-state index in [4.69, 9.17) is 20.4 Å². The molecular weight excluding hydrogens is 304 g/mol. The number of hydrogen-bond donors (Lipinski definition) is 4. The topological polar surface area (TPSA) is 168 Å². The number of benzene rings is 1. The molecule has 1 rings (SSSR count). The van der Waals surface area contributed by atoms with Crippen molar-refractivity contribution in [3.05, 3.63) is 34.4 Å². The van der Waals surface area contributed by atoms with Crippen LogP contribution >= 0.6 is 0 Å². The predicted octanol–water partition coefficient (Wildman–Crippen LogP) is -0.704. The first-order valence-electron chi connectivity index (χ1n) is 5.54. The summed E-state index contributed by atoms with van der Waals surface area (Å²) in [4.78, 5) is 45.4. The van der Waals surface area contributed by atoms with E-state index >= 15 is 0 Å². The Hall–Kier alpha value is -2.98. The van der Waals surface area contributed by atoms with Crippen molar-refractivity contribution in [2.45, 2.75) is 0 Å². The van der Waals surface area contributed by atoms with E-state index < -0.39 is 59.7 Å². The number of carboxylic acids is 2. The molecule has 0 atom stereocenters. The first-order chi connectivity index (χ1) is 10.3. The van der Waals surface area contributed by atoms with Crippen molar-refractivity contribution in [3.8, 4) is 0 Å². The Kier molecular flexibility index (Phi) is 5.55. The van der Waals surface area contributed by atoms with Gasteiger partial charge in [-0.2, -0.15) is 0 Å². The molecule has 0 heterocycles. The van der Waals surface area contributed by atoms with Crippen LogP contribution in [0.4, 0.5) is 0 Å². The predicted molar refractivity (Wildman–Crippen MR) is 65.4 cm³/mol. The van der Waals surface area contributed by atoms with Gasteiger partial charge >= 0.3 is 23.9 Å². The van der Waals surface area contributed by atoms with Crippen molar-refractivity contribution >= 4 is 23.9 Å². The summed E-state index contributed by atoms with van der Waals surface area (Å²) in [5, 5.41) is 35.1. The minimum atomic E-state index is -1.64. The Labute approximate surface area is 122 Å². The standard InChI is InChI=1S/C12H10O10/c13-3-21-11(19)7-2-8(12(20)22-4-14)6(10(17)18)1-5(7)9(15)16/h1-2,13-14H,3-4H2,(H,15,16)(H,17,18). The Morgan fingerprint density at radius 1 is 0.727 bits per heavy atom. The molecule has 0 amide bonds. The van der Waals surface area contributed by atoms with E-state index in [9.17, 15) is 19.2 Å². The van der Waals surface area contributed by atoms with Crippen LogP contribution in [-0.2, 0) is 9.47 Å². The Balaban J connectivity index is 3.58. The number of esters is 2. The average molecular weight is 314 g/mol. The molecule has 0 saturated heterocycles. The van der Waals surface area contributed by atoms with Crippen molar-refractivity contribution in [2.75, 3.05) is 13.6 Å². The zero-order valence-corrected chi connectivity index (χ0v) is 10.8. The van der Waals surface area contributed by atoms with Gasteiger partial charge < -0.3 is 29.9 Å². The number of rotatable bonds is 6. The molecule has 0 spiro atoms. The van der Waals surface area contributed by atoms with Gasteiger partial charge in [-0.1, -0.05) is 0 Å². The highest BCUT2D eigenvalue weighted by Gasteiger charge is 2.26. The van der Waals surface area contributed by atoms with E-state index in [-0.39, 0.29) is 0 Å². The maximum absolute atomic E-state index is 11.6. The van der Waals surface area contributed by atoms with Crippen LogP contribution in [0.1, 0.15) is 41.4 Å². The largest absolute Gasteiger partial charge is 0.478 e. The van der Waals surface area contributed by atoms with E-state index in [1.807, 2.05) is 0 Å². The van der Waals surface area contributed by atoms with Gasteiger partial charge in [0, 0.05) is 0 Å². The second-order valence-electron chi connectivity index (χ2n) is 3.68. The fourth-order valence-electron chi connectivity index (χ4n) is 1.56. The number of carboxylic acid groups (broad SMARTS) is 2. The second-order valence-corrected chi connectivity index (χ2v) is 3.68. The van der Waals surface area contributed by atoms with Gasteiger partial charge in [0.05, 0.1) is 22.3 Å². The number of ether oxygens (including phenoxy) is 2. The van der Waals surface area contributed by atoms with E-state index in [1.54, 1.807) is 0 Å². The lowest BCUT2D eigenvalue weighted by Crippen LogP contribution is -2.19. The number of hydrogen-bond acceptors (Lipinski definition) is 8. The molecule has 22 heavy (non-hydrogen) atoms. The molecular formula is C12H10O10. The van der Waals surface area contributed by atoms with E-state index in [2.05, 4.69) is 9.47 Å². The van der Waals surface area contributed by atoms with Crippen LogP contribution in [0.15, 0.2) is 12.1 Å². The molecule has 0 aliphatic carbocycles. The summed E-state index contributed by atoms with van der Waals surface area (Å²) in [6.07, 6.45) is 0. The zero-order chi connectivity index (χ0) is 16.9. The molecule has 118 valence electrons. The van der Waals surface area contributed by atoms with E-state index in [1.165, 1.54) is 0 Å². The third-order valence-electron chi connectivity index (χ3n) is 2.45. The fourth-order valence-corrected chi connectivity index (χ4v) is 1.56. The Morgan fingerprint density at radius 3 is 1.32 bits per heavy atom. The summed E-state index contributed by atoms with van der Waals surface area (Å²) in [7, 11) is 0. The molecule has 1 aromatic carbocycles. The maximum atomic E-state index is 11.6. The smallest absolute Gasteiger partial charge is 0.341 e. The minimum absolute atomic E-state index is 0.576. The van der Waals surface area contributed by atoms with E-state index in [0.717, 1.165) is 0 Å². The van der Waals surface area contributed by atoms with E-state index in [0.29, 0.717) is 12.1 Å². The third kappa shape index (κ3) is 3.56. The summed E-state index contributed by atoms with van der Waals surface area (Å²) in [6.45, 7) is -2.09. The number of carbonyl (C=O) groups excluding carboxylic acids is 2. The maximum Gasteiger partial charge on any atom is 0.341 e. The van der Waals surface area contributed by atoms with Crippen LogP contribution in [-0.4, -0.2) is 57.9 Å². The lowest BCUT2D eigenvalue weighted by atomic mass is 9.98. The lowest BCUT2D eigenvalue weighted by molar-refractivity contribution is 0.00643. The highest BCUT2D eigenvalue weighted by molar-refractivity contribution is 6.09. The summed E-state index contributed by atoms with van der Waals surface area (Å²) < 4.78 is 8.44. The van der Waals surface area contributed by atoms with Crippen molar-refractivity contribution in [2.24, 2.45) is 0 Å². The van der Waals surface area contributed by atoms with Gasteiger partial charge in [-0.3, -0.25) is 0 Å². The van der Waals surface area contributed by atoms with Crippen LogP contribution in [0.5, 0.6) is 0 Å². The molecule has 0 aromatic heterocycles. The van der Waals surface area contributed by atoms with Crippen LogP contribution < -0.4 is 0 Å². The average Bonchev–Trinajstić information content (AvgIpc) is 2.46. The van der Waals surface area contributed by atoms with Crippen molar-refractivity contribution < 1.29 is 49.1 Å². The van der Waals surface area contributed by atoms with Crippen molar-refractivity contribution in [1.82, 2.24) is 0 Å². The molecule has 10 nitrogen and oxygen atoms in total. The van der Waals surface area contributed by atoms with Gasteiger partial charge in [-0.15, -0.1) is 0 Å². The van der Waals surface area contributed by atoms with Gasteiger partial charge in [0.15, 0.2) is 13.6 Å². The monoisotopic (exact) mass is 314 g/mol. The molecule has 0 aliphatic rings. The highest BCUT2D eigenvalue weighted by Crippen LogP contribution is 2.20. The van der Waals surface area contributed by atoms with Gasteiger partial charge in [-0.25, -0.2) is 19.2 Å². The number of aliphatic hydroxyl groups is 2. The molecule has 4 N–H and O–H groups in total. The molecule has 0 saturated carbocycles. The SMILES string of the molecule is O=C(O)c1cc(C(=O)O)c(C(=O)OCO)cc1C(=O)OCO. The summed E-state index contributed by atoms with van der Waals surface area (Å²) in [5.74, 6) is -5.85. The van der Waals surface area contributed by atoms with Crippen LogP contribution in [0.3, 0.4) is 0 Å². The number of aromatic carboxylic acids is 2. The molecule has 1 aromatic rings. The quantitative estimate of drug-likeness (QED) is 0.389. The number of aliphatic hydroxyl groups excluding tert-OH is 2. The van der Waals surface area contributed by atoms with Crippen LogP contribution in [0.2, 0.25) is 0 Å². The normalized spacial score (nSPS) is 9.91. The Morgan fingerprint density at radius 2 is 1.05 bits per heavy atom. The van der Waals surface area contributed by atoms with Crippen LogP contribution in [0, 0.1) is 0 Å².